The zero-order valence-electron chi connectivity index (χ0n) is 17.3. The summed E-state index contributed by atoms with van der Waals surface area (Å²) in [7, 11) is -3.40. The highest BCUT2D eigenvalue weighted by Gasteiger charge is 2.31. The minimum atomic E-state index is -4.40. The molecule has 1 fully saturated rings. The fraction of sp³-hybridized carbons (Fsp3) is 0.381. The lowest BCUT2D eigenvalue weighted by atomic mass is 10.1. The molecule has 3 rings (SSSR count). The second-order valence-electron chi connectivity index (χ2n) is 7.30. The van der Waals surface area contributed by atoms with E-state index in [1.165, 1.54) is 10.4 Å². The molecule has 6 nitrogen and oxygen atoms in total. The van der Waals surface area contributed by atoms with Crippen LogP contribution in [-0.2, 0) is 16.2 Å². The van der Waals surface area contributed by atoms with Gasteiger partial charge in [0.25, 0.3) is 5.91 Å². The maximum absolute atomic E-state index is 12.9. The number of carbonyl (C=O) groups excluding carboxylic acids is 1. The van der Waals surface area contributed by atoms with Crippen LogP contribution in [0.1, 0.15) is 22.8 Å². The summed E-state index contributed by atoms with van der Waals surface area (Å²) in [4.78, 5) is 16.3. The molecular formula is C21H24F3N3O3S. The molecule has 2 aromatic rings. The fourth-order valence-electron chi connectivity index (χ4n) is 3.61. The van der Waals surface area contributed by atoms with Gasteiger partial charge in [0.2, 0.25) is 10.0 Å². The highest BCUT2D eigenvalue weighted by atomic mass is 32.2. The van der Waals surface area contributed by atoms with Crippen molar-refractivity contribution in [2.45, 2.75) is 13.1 Å². The van der Waals surface area contributed by atoms with E-state index < -0.39 is 21.8 Å². The summed E-state index contributed by atoms with van der Waals surface area (Å²) in [6.07, 6.45) is -3.27. The summed E-state index contributed by atoms with van der Waals surface area (Å²) in [6.45, 7) is 3.60. The zero-order valence-corrected chi connectivity index (χ0v) is 18.1. The molecule has 0 N–H and O–H groups in total. The van der Waals surface area contributed by atoms with E-state index in [1.54, 1.807) is 42.2 Å². The summed E-state index contributed by atoms with van der Waals surface area (Å²) < 4.78 is 63.8. The average molecular weight is 456 g/mol. The van der Waals surface area contributed by atoms with Gasteiger partial charge in [0.05, 0.1) is 17.5 Å². The van der Waals surface area contributed by atoms with E-state index >= 15 is 0 Å². The number of halogens is 3. The maximum atomic E-state index is 12.9. The van der Waals surface area contributed by atoms with Crippen molar-refractivity contribution < 1.29 is 26.4 Å². The molecule has 0 bridgehead atoms. The van der Waals surface area contributed by atoms with Crippen molar-refractivity contribution in [3.8, 4) is 0 Å². The van der Waals surface area contributed by atoms with Gasteiger partial charge in [-0.3, -0.25) is 9.10 Å². The Balaban J connectivity index is 1.65. The first-order valence-electron chi connectivity index (χ1n) is 9.80. The first-order valence-corrected chi connectivity index (χ1v) is 11.6. The predicted octanol–water partition coefficient (Wildman–Crippen LogP) is 3.45. The van der Waals surface area contributed by atoms with Crippen molar-refractivity contribution >= 4 is 27.3 Å². The van der Waals surface area contributed by atoms with E-state index in [9.17, 15) is 26.4 Å². The Morgan fingerprint density at radius 1 is 1.03 bits per heavy atom. The zero-order chi connectivity index (χ0) is 22.8. The lowest BCUT2D eigenvalue weighted by Crippen LogP contribution is -2.48. The summed E-state index contributed by atoms with van der Waals surface area (Å²) in [6, 6.07) is 11.5. The van der Waals surface area contributed by atoms with Crippen molar-refractivity contribution in [2.24, 2.45) is 0 Å². The molecule has 1 heterocycles. The second-order valence-corrected chi connectivity index (χ2v) is 9.21. The predicted molar refractivity (Wildman–Crippen MR) is 114 cm³/mol. The number of sulfonamides is 1. The molecule has 0 unspecified atom stereocenters. The van der Waals surface area contributed by atoms with Crippen molar-refractivity contribution in [2.75, 3.05) is 48.2 Å². The molecule has 0 aliphatic carbocycles. The maximum Gasteiger partial charge on any atom is 0.416 e. The van der Waals surface area contributed by atoms with E-state index in [2.05, 4.69) is 0 Å². The Labute approximate surface area is 179 Å². The quantitative estimate of drug-likeness (QED) is 0.693. The number of amides is 1. The molecular weight excluding hydrogens is 431 g/mol. The van der Waals surface area contributed by atoms with Gasteiger partial charge in [-0.05, 0) is 49.4 Å². The molecule has 168 valence electrons. The Bertz CT molecular complexity index is 1030. The minimum absolute atomic E-state index is 0.197. The molecule has 0 spiro atoms. The number of alkyl halides is 3. The fourth-order valence-corrected chi connectivity index (χ4v) is 4.58. The van der Waals surface area contributed by atoms with E-state index in [4.69, 9.17) is 0 Å². The van der Waals surface area contributed by atoms with Gasteiger partial charge in [-0.2, -0.15) is 13.2 Å². The van der Waals surface area contributed by atoms with Crippen LogP contribution < -0.4 is 9.21 Å². The first kappa shape index (κ1) is 22.9. The van der Waals surface area contributed by atoms with Crippen LogP contribution in [0.25, 0.3) is 0 Å². The Morgan fingerprint density at radius 2 is 1.65 bits per heavy atom. The molecule has 1 aliphatic rings. The average Bonchev–Trinajstić information content (AvgIpc) is 2.73. The van der Waals surface area contributed by atoms with Gasteiger partial charge in [0.15, 0.2) is 0 Å². The third-order valence-corrected chi connectivity index (χ3v) is 6.46. The van der Waals surface area contributed by atoms with Crippen LogP contribution in [-0.4, -0.2) is 58.2 Å². The summed E-state index contributed by atoms with van der Waals surface area (Å²) in [5.74, 6) is -0.197. The van der Waals surface area contributed by atoms with Gasteiger partial charge in [-0.1, -0.05) is 6.07 Å². The number of benzene rings is 2. The van der Waals surface area contributed by atoms with Crippen LogP contribution in [0.4, 0.5) is 24.5 Å². The molecule has 31 heavy (non-hydrogen) atoms. The van der Waals surface area contributed by atoms with E-state index in [1.807, 2.05) is 4.90 Å². The SMILES string of the molecule is CCN(c1ccc(C(=O)N2CCN(c3cccc(C(F)(F)F)c3)CC2)cc1)S(C)(=O)=O. The third-order valence-electron chi connectivity index (χ3n) is 5.20. The molecule has 1 saturated heterocycles. The van der Waals surface area contributed by atoms with E-state index in [0.717, 1.165) is 18.4 Å². The Hall–Kier alpha value is -2.75. The van der Waals surface area contributed by atoms with Crippen molar-refractivity contribution in [1.29, 1.82) is 0 Å². The lowest BCUT2D eigenvalue weighted by Gasteiger charge is -2.36. The van der Waals surface area contributed by atoms with Gasteiger partial charge in [0.1, 0.15) is 0 Å². The highest BCUT2D eigenvalue weighted by molar-refractivity contribution is 7.92. The van der Waals surface area contributed by atoms with E-state index in [0.29, 0.717) is 43.1 Å². The standard InChI is InChI=1S/C21H24F3N3O3S/c1-3-27(31(2,29)30)18-9-7-16(8-10-18)20(28)26-13-11-25(12-14-26)19-6-4-5-17(15-19)21(22,23)24/h4-10,15H,3,11-14H2,1-2H3. The molecule has 0 saturated carbocycles. The topological polar surface area (TPSA) is 60.9 Å². The number of nitrogens with zero attached hydrogens (tertiary/aromatic N) is 3. The normalized spacial score (nSPS) is 15.1. The Morgan fingerprint density at radius 3 is 2.16 bits per heavy atom. The van der Waals surface area contributed by atoms with Crippen LogP contribution in [0.2, 0.25) is 0 Å². The van der Waals surface area contributed by atoms with Gasteiger partial charge >= 0.3 is 6.18 Å². The van der Waals surface area contributed by atoms with Crippen LogP contribution in [0, 0.1) is 0 Å². The van der Waals surface area contributed by atoms with Crippen molar-refractivity contribution in [3.05, 3.63) is 59.7 Å². The van der Waals surface area contributed by atoms with Crippen LogP contribution in [0.15, 0.2) is 48.5 Å². The highest BCUT2D eigenvalue weighted by Crippen LogP contribution is 2.32. The number of anilines is 2. The second kappa shape index (κ2) is 8.78. The smallest absolute Gasteiger partial charge is 0.368 e. The molecule has 10 heteroatoms. The molecule has 1 amide bonds. The van der Waals surface area contributed by atoms with Crippen molar-refractivity contribution in [1.82, 2.24) is 4.90 Å². The molecule has 0 radical (unpaired) electrons. The summed E-state index contributed by atoms with van der Waals surface area (Å²) in [5, 5.41) is 0. The van der Waals surface area contributed by atoms with Gasteiger partial charge < -0.3 is 9.80 Å². The molecule has 0 atom stereocenters. The minimum Gasteiger partial charge on any atom is -0.368 e. The summed E-state index contributed by atoms with van der Waals surface area (Å²) >= 11 is 0. The number of piperazine rings is 1. The van der Waals surface area contributed by atoms with E-state index in [-0.39, 0.29) is 12.5 Å². The molecule has 1 aliphatic heterocycles. The number of rotatable bonds is 5. The first-order chi connectivity index (χ1) is 14.5. The molecule has 2 aromatic carbocycles. The monoisotopic (exact) mass is 455 g/mol. The Kier molecular flexibility index (Phi) is 6.49. The number of carbonyl (C=O) groups is 1. The van der Waals surface area contributed by atoms with Gasteiger partial charge in [-0.25, -0.2) is 8.42 Å². The lowest BCUT2D eigenvalue weighted by molar-refractivity contribution is -0.137. The largest absolute Gasteiger partial charge is 0.416 e. The summed E-state index contributed by atoms with van der Waals surface area (Å²) in [5.41, 5.74) is 0.697. The number of hydrogen-bond donors (Lipinski definition) is 0. The van der Waals surface area contributed by atoms with Crippen molar-refractivity contribution in [3.63, 3.8) is 0 Å². The number of hydrogen-bond acceptors (Lipinski definition) is 4. The van der Waals surface area contributed by atoms with Gasteiger partial charge in [-0.15, -0.1) is 0 Å². The van der Waals surface area contributed by atoms with Gasteiger partial charge in [0, 0.05) is 44.0 Å². The third kappa shape index (κ3) is 5.30. The molecule has 0 aromatic heterocycles. The van der Waals surface area contributed by atoms with Crippen LogP contribution >= 0.6 is 0 Å². The van der Waals surface area contributed by atoms with Crippen LogP contribution in [0.3, 0.4) is 0 Å². The van der Waals surface area contributed by atoms with Crippen LogP contribution in [0.5, 0.6) is 0 Å².